The number of hydrogen-bond acceptors (Lipinski definition) is 4. The summed E-state index contributed by atoms with van der Waals surface area (Å²) < 4.78 is 21.1. The van der Waals surface area contributed by atoms with Gasteiger partial charge < -0.3 is 19.3 Å². The molecule has 1 aliphatic heterocycles. The lowest BCUT2D eigenvalue weighted by molar-refractivity contribution is -0.133. The van der Waals surface area contributed by atoms with Crippen LogP contribution in [-0.2, 0) is 11.2 Å². The van der Waals surface area contributed by atoms with E-state index >= 15 is 0 Å². The first-order chi connectivity index (χ1) is 15.9. The number of nitrogens with zero attached hydrogens (tertiary/aromatic N) is 3. The number of rotatable bonds is 4. The van der Waals surface area contributed by atoms with Crippen molar-refractivity contribution < 1.29 is 19.0 Å². The van der Waals surface area contributed by atoms with Crippen molar-refractivity contribution in [3.05, 3.63) is 82.7 Å². The molecule has 1 saturated heterocycles. The molecule has 1 aliphatic carbocycles. The summed E-state index contributed by atoms with van der Waals surface area (Å²) in [7, 11) is 1.62. The largest absolute Gasteiger partial charge is 0.495 e. The molecule has 7 heteroatoms. The minimum Gasteiger partial charge on any atom is -0.495 e. The standard InChI is InChI=1S/C26H26FN3O3/c1-16-14-29(15-28-16)22-8-5-17(11-24(22)33-2)10-18-4-3-9-30(26(18)32)25-21-7-6-20(27)12-19(21)13-23(25)31/h5-8,10-12,14-15,23,25,31H,3-4,9,13H2,1-2H3/t23-,25+/m0/s1. The van der Waals surface area contributed by atoms with Gasteiger partial charge in [-0.25, -0.2) is 9.37 Å². The van der Waals surface area contributed by atoms with Crippen LogP contribution in [0.3, 0.4) is 0 Å². The van der Waals surface area contributed by atoms with Crippen LogP contribution in [0.25, 0.3) is 11.8 Å². The number of fused-ring (bicyclic) bond motifs is 1. The number of ether oxygens (including phenoxy) is 1. The van der Waals surface area contributed by atoms with E-state index in [0.717, 1.165) is 34.5 Å². The fourth-order valence-electron chi connectivity index (χ4n) is 4.94. The number of imidazole rings is 1. The van der Waals surface area contributed by atoms with Gasteiger partial charge in [-0.15, -0.1) is 0 Å². The number of likely N-dealkylation sites (tertiary alicyclic amines) is 1. The molecule has 0 unspecified atom stereocenters. The maximum Gasteiger partial charge on any atom is 0.250 e. The van der Waals surface area contributed by atoms with E-state index in [4.69, 9.17) is 4.74 Å². The molecule has 170 valence electrons. The lowest BCUT2D eigenvalue weighted by atomic mass is 9.96. The summed E-state index contributed by atoms with van der Waals surface area (Å²) in [4.78, 5) is 19.4. The van der Waals surface area contributed by atoms with E-state index in [0.29, 0.717) is 30.7 Å². The third-order valence-corrected chi connectivity index (χ3v) is 6.47. The average Bonchev–Trinajstić information content (AvgIpc) is 3.37. The Morgan fingerprint density at radius 3 is 2.85 bits per heavy atom. The number of aliphatic hydroxyl groups excluding tert-OH is 1. The number of aliphatic hydroxyl groups is 1. The third kappa shape index (κ3) is 3.93. The summed E-state index contributed by atoms with van der Waals surface area (Å²) in [5.74, 6) is 0.273. The van der Waals surface area contributed by atoms with Gasteiger partial charge in [0.05, 0.1) is 37.0 Å². The summed E-state index contributed by atoms with van der Waals surface area (Å²) in [5, 5.41) is 10.7. The van der Waals surface area contributed by atoms with Crippen LogP contribution in [0.2, 0.25) is 0 Å². The van der Waals surface area contributed by atoms with E-state index in [1.807, 2.05) is 42.0 Å². The van der Waals surface area contributed by atoms with Crippen LogP contribution in [0.15, 0.2) is 54.5 Å². The zero-order valence-corrected chi connectivity index (χ0v) is 18.7. The van der Waals surface area contributed by atoms with Crippen LogP contribution >= 0.6 is 0 Å². The highest BCUT2D eigenvalue weighted by molar-refractivity contribution is 5.99. The SMILES string of the molecule is COc1cc(C=C2CCCN([C@@H]3c4ccc(F)cc4C[C@@H]3O)C2=O)ccc1-n1cnc(C)c1. The average molecular weight is 448 g/mol. The van der Waals surface area contributed by atoms with Crippen molar-refractivity contribution in [1.29, 1.82) is 0 Å². The van der Waals surface area contributed by atoms with Crippen molar-refractivity contribution >= 4 is 12.0 Å². The molecule has 1 amide bonds. The molecule has 0 saturated carbocycles. The Morgan fingerprint density at radius 1 is 1.24 bits per heavy atom. The number of aryl methyl sites for hydroxylation is 1. The van der Waals surface area contributed by atoms with E-state index in [-0.39, 0.29) is 11.7 Å². The predicted octanol–water partition coefficient (Wildman–Crippen LogP) is 3.99. The second-order valence-electron chi connectivity index (χ2n) is 8.68. The summed E-state index contributed by atoms with van der Waals surface area (Å²) in [6.07, 6.45) is 6.66. The minimum atomic E-state index is -0.733. The maximum absolute atomic E-state index is 13.7. The number of methoxy groups -OCH3 is 1. The molecule has 2 atom stereocenters. The molecule has 2 heterocycles. The lowest BCUT2D eigenvalue weighted by Crippen LogP contribution is -2.42. The van der Waals surface area contributed by atoms with Gasteiger partial charge in [0.2, 0.25) is 5.91 Å². The van der Waals surface area contributed by atoms with Gasteiger partial charge in [-0.3, -0.25) is 4.79 Å². The van der Waals surface area contributed by atoms with Gasteiger partial charge in [0.25, 0.3) is 0 Å². The van der Waals surface area contributed by atoms with Gasteiger partial charge in [-0.05, 0) is 66.8 Å². The monoisotopic (exact) mass is 447 g/mol. The highest BCUT2D eigenvalue weighted by Crippen LogP contribution is 2.39. The van der Waals surface area contributed by atoms with Gasteiger partial charge in [0.15, 0.2) is 0 Å². The molecule has 2 aromatic carbocycles. The Kier molecular flexibility index (Phi) is 5.50. The molecular weight excluding hydrogens is 421 g/mol. The summed E-state index contributed by atoms with van der Waals surface area (Å²) in [6.45, 7) is 2.50. The first kappa shape index (κ1) is 21.4. The van der Waals surface area contributed by atoms with E-state index < -0.39 is 12.1 Å². The van der Waals surface area contributed by atoms with Gasteiger partial charge in [-0.2, -0.15) is 0 Å². The highest BCUT2D eigenvalue weighted by atomic mass is 19.1. The van der Waals surface area contributed by atoms with Crippen molar-refractivity contribution in [3.8, 4) is 11.4 Å². The van der Waals surface area contributed by atoms with Gasteiger partial charge in [-0.1, -0.05) is 12.1 Å². The first-order valence-corrected chi connectivity index (χ1v) is 11.1. The van der Waals surface area contributed by atoms with Crippen molar-refractivity contribution in [2.45, 2.75) is 38.3 Å². The number of amides is 1. The van der Waals surface area contributed by atoms with Crippen molar-refractivity contribution in [3.63, 3.8) is 0 Å². The Hall–Kier alpha value is -3.45. The quantitative estimate of drug-likeness (QED) is 0.614. The summed E-state index contributed by atoms with van der Waals surface area (Å²) >= 11 is 0. The van der Waals surface area contributed by atoms with E-state index in [2.05, 4.69) is 4.98 Å². The molecule has 5 rings (SSSR count). The number of aromatic nitrogens is 2. The van der Waals surface area contributed by atoms with E-state index in [1.165, 1.54) is 12.1 Å². The van der Waals surface area contributed by atoms with Crippen LogP contribution in [-0.4, -0.2) is 45.2 Å². The molecule has 0 bridgehead atoms. The zero-order valence-electron chi connectivity index (χ0n) is 18.7. The molecule has 1 N–H and O–H groups in total. The Labute approximate surface area is 191 Å². The minimum absolute atomic E-state index is 0.0873. The second-order valence-corrected chi connectivity index (χ2v) is 8.68. The Morgan fingerprint density at radius 2 is 2.09 bits per heavy atom. The van der Waals surface area contributed by atoms with Crippen LogP contribution in [0, 0.1) is 12.7 Å². The third-order valence-electron chi connectivity index (χ3n) is 6.47. The highest BCUT2D eigenvalue weighted by Gasteiger charge is 2.39. The molecule has 0 spiro atoms. The fourth-order valence-corrected chi connectivity index (χ4v) is 4.94. The zero-order chi connectivity index (χ0) is 23.1. The molecule has 0 radical (unpaired) electrons. The number of halogens is 1. The van der Waals surface area contributed by atoms with Gasteiger partial charge >= 0.3 is 0 Å². The molecule has 2 aliphatic rings. The summed E-state index contributed by atoms with van der Waals surface area (Å²) in [5.41, 5.74) is 4.94. The number of hydrogen-bond donors (Lipinski definition) is 1. The van der Waals surface area contributed by atoms with Crippen molar-refractivity contribution in [2.24, 2.45) is 0 Å². The fraction of sp³-hybridized carbons (Fsp3) is 0.308. The smallest absolute Gasteiger partial charge is 0.250 e. The second kappa shape index (κ2) is 8.48. The predicted molar refractivity (Wildman–Crippen MR) is 123 cm³/mol. The molecule has 33 heavy (non-hydrogen) atoms. The van der Waals surface area contributed by atoms with Crippen LogP contribution < -0.4 is 4.74 Å². The normalized spacial score (nSPS) is 21.5. The van der Waals surface area contributed by atoms with E-state index in [1.54, 1.807) is 24.4 Å². The topological polar surface area (TPSA) is 67.6 Å². The molecule has 6 nitrogen and oxygen atoms in total. The Balaban J connectivity index is 1.44. The maximum atomic E-state index is 13.7. The summed E-state index contributed by atoms with van der Waals surface area (Å²) in [6, 6.07) is 9.91. The van der Waals surface area contributed by atoms with Crippen molar-refractivity contribution in [2.75, 3.05) is 13.7 Å². The lowest BCUT2D eigenvalue weighted by Gasteiger charge is -2.35. The van der Waals surface area contributed by atoms with Crippen LogP contribution in [0.5, 0.6) is 5.75 Å². The number of benzene rings is 2. The van der Waals surface area contributed by atoms with Gasteiger partial charge in [0.1, 0.15) is 11.6 Å². The number of piperidine rings is 1. The molecular formula is C26H26FN3O3. The van der Waals surface area contributed by atoms with E-state index in [9.17, 15) is 14.3 Å². The first-order valence-electron chi connectivity index (χ1n) is 11.1. The van der Waals surface area contributed by atoms with Crippen LogP contribution in [0.1, 0.15) is 41.3 Å². The number of carbonyl (C=O) groups excluding carboxylic acids is 1. The number of carbonyl (C=O) groups is 1. The molecule has 1 aromatic heterocycles. The van der Waals surface area contributed by atoms with Crippen LogP contribution in [0.4, 0.5) is 4.39 Å². The van der Waals surface area contributed by atoms with Crippen molar-refractivity contribution in [1.82, 2.24) is 14.5 Å². The molecule has 1 fully saturated rings. The van der Waals surface area contributed by atoms with Gasteiger partial charge in [0, 0.05) is 24.7 Å². The molecule has 3 aromatic rings. The Bertz CT molecular complexity index is 1250.